The van der Waals surface area contributed by atoms with Gasteiger partial charge < -0.3 is 23.9 Å². The molecule has 3 aromatic rings. The van der Waals surface area contributed by atoms with Crippen LogP contribution in [0.25, 0.3) is 0 Å². The van der Waals surface area contributed by atoms with Gasteiger partial charge in [-0.3, -0.25) is 14.9 Å². The molecule has 0 aliphatic carbocycles. The maximum absolute atomic E-state index is 12.8. The van der Waals surface area contributed by atoms with Gasteiger partial charge >= 0.3 is 17.6 Å². The number of amides is 1. The first-order valence-electron chi connectivity index (χ1n) is 10.5. The number of para-hydroxylation sites is 2. The quantitative estimate of drug-likeness (QED) is 0.236. The van der Waals surface area contributed by atoms with E-state index in [9.17, 15) is 24.5 Å². The van der Waals surface area contributed by atoms with E-state index in [4.69, 9.17) is 18.6 Å². The number of thiophene rings is 1. The Hall–Kier alpha value is -4.19. The Morgan fingerprint density at radius 1 is 1.06 bits per heavy atom. The number of hydrogen-bond donors (Lipinski definition) is 1. The zero-order chi connectivity index (χ0) is 25.5. The number of rotatable bonds is 10. The molecule has 0 saturated carbocycles. The SMILES string of the molecule is CCOC(=O)c1sc(NC(=O)c2ccc(COc3ccccc3[N+](=O)[O-])o2)c(C(=O)OCC)c1C. The van der Waals surface area contributed by atoms with E-state index >= 15 is 0 Å². The summed E-state index contributed by atoms with van der Waals surface area (Å²) in [6.07, 6.45) is 0. The van der Waals surface area contributed by atoms with Gasteiger partial charge in [-0.05, 0) is 44.5 Å². The highest BCUT2D eigenvalue weighted by Gasteiger charge is 2.28. The summed E-state index contributed by atoms with van der Waals surface area (Å²) in [7, 11) is 0. The largest absolute Gasteiger partial charge is 0.479 e. The van der Waals surface area contributed by atoms with Gasteiger partial charge in [-0.1, -0.05) is 12.1 Å². The van der Waals surface area contributed by atoms with Crippen molar-refractivity contribution in [2.75, 3.05) is 18.5 Å². The third-order valence-corrected chi connectivity index (χ3v) is 5.82. The first-order valence-corrected chi connectivity index (χ1v) is 11.3. The van der Waals surface area contributed by atoms with Crippen molar-refractivity contribution < 1.29 is 37.9 Å². The van der Waals surface area contributed by atoms with Gasteiger partial charge in [0.2, 0.25) is 0 Å². The van der Waals surface area contributed by atoms with Crippen LogP contribution in [0, 0.1) is 17.0 Å². The van der Waals surface area contributed by atoms with E-state index in [1.54, 1.807) is 26.8 Å². The monoisotopic (exact) mass is 502 g/mol. The lowest BCUT2D eigenvalue weighted by atomic mass is 10.1. The smallest absolute Gasteiger partial charge is 0.348 e. The minimum atomic E-state index is -0.690. The highest BCUT2D eigenvalue weighted by molar-refractivity contribution is 7.18. The van der Waals surface area contributed by atoms with Crippen molar-refractivity contribution in [3.63, 3.8) is 0 Å². The zero-order valence-electron chi connectivity index (χ0n) is 19.1. The van der Waals surface area contributed by atoms with E-state index < -0.39 is 22.8 Å². The standard InChI is InChI=1S/C23H22N2O9S/c1-4-31-22(27)18-13(3)19(23(28)32-5-2)35-21(18)24-20(26)17-11-10-14(34-17)12-33-16-9-7-6-8-15(16)25(29)30/h6-11H,4-5,12H2,1-3H3,(H,24,26). The molecule has 11 nitrogen and oxygen atoms in total. The number of nitro groups is 1. The second-order valence-electron chi connectivity index (χ2n) is 6.93. The number of furan rings is 1. The fourth-order valence-electron chi connectivity index (χ4n) is 3.06. The predicted molar refractivity (Wildman–Crippen MR) is 125 cm³/mol. The molecule has 3 rings (SSSR count). The molecule has 2 heterocycles. The molecule has 0 atom stereocenters. The lowest BCUT2D eigenvalue weighted by molar-refractivity contribution is -0.386. The molecule has 1 amide bonds. The van der Waals surface area contributed by atoms with Gasteiger partial charge in [0.1, 0.15) is 22.2 Å². The van der Waals surface area contributed by atoms with Crippen LogP contribution in [0.2, 0.25) is 0 Å². The van der Waals surface area contributed by atoms with Gasteiger partial charge in [0, 0.05) is 6.07 Å². The summed E-state index contributed by atoms with van der Waals surface area (Å²) in [5.74, 6) is -1.78. The molecule has 0 fully saturated rings. The fourth-order valence-corrected chi connectivity index (χ4v) is 4.15. The maximum Gasteiger partial charge on any atom is 0.348 e. The second kappa shape index (κ2) is 11.3. The van der Waals surface area contributed by atoms with Gasteiger partial charge in [0.15, 0.2) is 11.5 Å². The minimum Gasteiger partial charge on any atom is -0.479 e. The molecule has 12 heteroatoms. The average molecular weight is 503 g/mol. The Morgan fingerprint density at radius 3 is 2.43 bits per heavy atom. The van der Waals surface area contributed by atoms with Crippen molar-refractivity contribution in [2.24, 2.45) is 0 Å². The van der Waals surface area contributed by atoms with Crippen molar-refractivity contribution in [3.05, 3.63) is 74.0 Å². The van der Waals surface area contributed by atoms with Crippen molar-refractivity contribution in [1.82, 2.24) is 0 Å². The third-order valence-electron chi connectivity index (χ3n) is 4.63. The summed E-state index contributed by atoms with van der Waals surface area (Å²) in [5.41, 5.74) is 0.189. The molecular weight excluding hydrogens is 480 g/mol. The van der Waals surface area contributed by atoms with Crippen molar-refractivity contribution in [3.8, 4) is 5.75 Å². The van der Waals surface area contributed by atoms with Gasteiger partial charge in [0.25, 0.3) is 5.91 Å². The number of nitrogens with one attached hydrogen (secondary N) is 1. The summed E-state index contributed by atoms with van der Waals surface area (Å²) in [6, 6.07) is 8.75. The van der Waals surface area contributed by atoms with Crippen LogP contribution in [-0.2, 0) is 16.1 Å². The van der Waals surface area contributed by atoms with E-state index in [0.29, 0.717) is 5.56 Å². The number of carbonyl (C=O) groups is 3. The second-order valence-corrected chi connectivity index (χ2v) is 7.96. The van der Waals surface area contributed by atoms with E-state index in [1.807, 2.05) is 0 Å². The van der Waals surface area contributed by atoms with Crippen LogP contribution in [0.15, 0.2) is 40.8 Å². The zero-order valence-corrected chi connectivity index (χ0v) is 19.9. The highest BCUT2D eigenvalue weighted by atomic mass is 32.1. The van der Waals surface area contributed by atoms with Crippen LogP contribution in [0.1, 0.15) is 55.8 Å². The summed E-state index contributed by atoms with van der Waals surface area (Å²) >= 11 is 0.892. The summed E-state index contributed by atoms with van der Waals surface area (Å²) in [5, 5.41) is 13.8. The molecule has 0 radical (unpaired) electrons. The topological polar surface area (TPSA) is 147 Å². The third kappa shape index (κ3) is 5.84. The first kappa shape index (κ1) is 25.4. The Morgan fingerprint density at radius 2 is 1.74 bits per heavy atom. The Labute approximate surface area is 203 Å². The molecule has 0 aliphatic rings. The van der Waals surface area contributed by atoms with E-state index in [1.165, 1.54) is 30.3 Å². The summed E-state index contributed by atoms with van der Waals surface area (Å²) < 4.78 is 21.1. The van der Waals surface area contributed by atoms with Gasteiger partial charge in [-0.25, -0.2) is 9.59 Å². The number of carbonyl (C=O) groups excluding carboxylic acids is 3. The number of ether oxygens (including phenoxy) is 3. The number of nitrogens with zero attached hydrogens (tertiary/aromatic N) is 1. The van der Waals surface area contributed by atoms with Gasteiger partial charge in [-0.15, -0.1) is 11.3 Å². The predicted octanol–water partition coefficient (Wildman–Crippen LogP) is 4.74. The van der Waals surface area contributed by atoms with Crippen molar-refractivity contribution in [1.29, 1.82) is 0 Å². The lowest BCUT2D eigenvalue weighted by Crippen LogP contribution is -2.14. The molecule has 184 valence electrons. The molecule has 1 N–H and O–H groups in total. The number of benzene rings is 1. The summed E-state index contributed by atoms with van der Waals surface area (Å²) in [4.78, 5) is 48.3. The summed E-state index contributed by atoms with van der Waals surface area (Å²) in [6.45, 7) is 4.96. The highest BCUT2D eigenvalue weighted by Crippen LogP contribution is 2.35. The van der Waals surface area contributed by atoms with Crippen LogP contribution >= 0.6 is 11.3 Å². The van der Waals surface area contributed by atoms with Crippen LogP contribution < -0.4 is 10.1 Å². The molecule has 35 heavy (non-hydrogen) atoms. The van der Waals surface area contributed by atoms with Crippen LogP contribution in [0.3, 0.4) is 0 Å². The Balaban J connectivity index is 1.78. The Kier molecular flexibility index (Phi) is 8.21. The normalized spacial score (nSPS) is 10.5. The first-order chi connectivity index (χ1) is 16.8. The Bertz CT molecular complexity index is 1260. The van der Waals surface area contributed by atoms with Crippen LogP contribution in [0.4, 0.5) is 10.7 Å². The molecule has 0 saturated heterocycles. The lowest BCUT2D eigenvalue weighted by Gasteiger charge is -2.06. The van der Waals surface area contributed by atoms with E-state index in [-0.39, 0.29) is 58.2 Å². The molecule has 0 spiro atoms. The number of esters is 2. The molecule has 2 aromatic heterocycles. The molecule has 0 bridgehead atoms. The fraction of sp³-hybridized carbons (Fsp3) is 0.261. The molecule has 0 unspecified atom stereocenters. The number of anilines is 1. The minimum absolute atomic E-state index is 0.0551. The maximum atomic E-state index is 12.8. The number of nitro benzene ring substituents is 1. The molecule has 1 aromatic carbocycles. The van der Waals surface area contributed by atoms with Crippen LogP contribution in [0.5, 0.6) is 5.75 Å². The van der Waals surface area contributed by atoms with Crippen LogP contribution in [-0.4, -0.2) is 36.0 Å². The average Bonchev–Trinajstić information content (AvgIpc) is 3.42. The van der Waals surface area contributed by atoms with Gasteiger partial charge in [-0.2, -0.15) is 0 Å². The van der Waals surface area contributed by atoms with Crippen molar-refractivity contribution in [2.45, 2.75) is 27.4 Å². The number of hydrogen-bond acceptors (Lipinski definition) is 10. The van der Waals surface area contributed by atoms with E-state index in [0.717, 1.165) is 11.3 Å². The molecule has 0 aliphatic heterocycles. The van der Waals surface area contributed by atoms with E-state index in [2.05, 4.69) is 5.32 Å². The van der Waals surface area contributed by atoms with Gasteiger partial charge in [0.05, 0.1) is 23.7 Å². The molecular formula is C23H22N2O9S. The van der Waals surface area contributed by atoms with Crippen molar-refractivity contribution >= 4 is 39.9 Å².